The van der Waals surface area contributed by atoms with Gasteiger partial charge in [-0.15, -0.1) is 11.8 Å². The third kappa shape index (κ3) is 3.61. The predicted octanol–water partition coefficient (Wildman–Crippen LogP) is 3.54. The van der Waals surface area contributed by atoms with Crippen LogP contribution in [0.3, 0.4) is 0 Å². The molecular weight excluding hydrogens is 272 g/mol. The first-order valence-corrected chi connectivity index (χ1v) is 7.79. The fourth-order valence-electron chi connectivity index (χ4n) is 1.89. The van der Waals surface area contributed by atoms with Crippen LogP contribution in [0, 0.1) is 6.92 Å². The number of thioether (sulfide) groups is 1. The molecule has 0 saturated carbocycles. The van der Waals surface area contributed by atoms with Gasteiger partial charge in [0.25, 0.3) is 0 Å². The highest BCUT2D eigenvalue weighted by atomic mass is 32.2. The Kier molecular flexibility index (Phi) is 5.20. The predicted molar refractivity (Wildman–Crippen MR) is 79.8 cm³/mol. The molecule has 0 saturated heterocycles. The molecule has 1 heterocycles. The van der Waals surface area contributed by atoms with Gasteiger partial charge in [-0.3, -0.25) is 0 Å². The summed E-state index contributed by atoms with van der Waals surface area (Å²) in [5.74, 6) is 1.73. The Hall–Kier alpha value is -1.33. The molecule has 2 aromatic rings. The number of hydrogen-bond donors (Lipinski definition) is 1. The van der Waals surface area contributed by atoms with E-state index < -0.39 is 6.10 Å². The highest BCUT2D eigenvalue weighted by Crippen LogP contribution is 2.26. The summed E-state index contributed by atoms with van der Waals surface area (Å²) in [7, 11) is 0. The van der Waals surface area contributed by atoms with Gasteiger partial charge in [-0.2, -0.15) is 4.98 Å². The number of aliphatic hydroxyl groups is 1. The van der Waals surface area contributed by atoms with Crippen molar-refractivity contribution in [2.45, 2.75) is 49.9 Å². The normalized spacial score (nSPS) is 14.2. The number of nitrogens with zero attached hydrogens (tertiary/aromatic N) is 2. The van der Waals surface area contributed by atoms with Gasteiger partial charge in [-0.1, -0.05) is 37.2 Å². The van der Waals surface area contributed by atoms with Crippen LogP contribution in [0.25, 0.3) is 0 Å². The highest BCUT2D eigenvalue weighted by Gasteiger charge is 2.20. The van der Waals surface area contributed by atoms with Crippen LogP contribution in [0.2, 0.25) is 0 Å². The molecule has 0 aliphatic heterocycles. The molecule has 4 nitrogen and oxygen atoms in total. The summed E-state index contributed by atoms with van der Waals surface area (Å²) in [6, 6.07) is 8.23. The van der Waals surface area contributed by atoms with E-state index in [1.54, 1.807) is 11.8 Å². The lowest BCUT2D eigenvalue weighted by molar-refractivity contribution is 0.129. The molecule has 0 amide bonds. The minimum Gasteiger partial charge on any atom is -0.392 e. The first kappa shape index (κ1) is 15.1. The maximum Gasteiger partial charge on any atom is 0.232 e. The summed E-state index contributed by atoms with van der Waals surface area (Å²) in [5, 5.41) is 13.8. The van der Waals surface area contributed by atoms with Crippen molar-refractivity contribution in [1.82, 2.24) is 10.1 Å². The van der Waals surface area contributed by atoms with Gasteiger partial charge in [0.15, 0.2) is 5.82 Å². The van der Waals surface area contributed by atoms with E-state index in [1.807, 2.05) is 26.0 Å². The van der Waals surface area contributed by atoms with Crippen molar-refractivity contribution in [2.75, 3.05) is 0 Å². The van der Waals surface area contributed by atoms with Gasteiger partial charge in [0.05, 0.1) is 17.8 Å². The summed E-state index contributed by atoms with van der Waals surface area (Å²) in [5.41, 5.74) is 1.25. The molecule has 1 aromatic heterocycles. The van der Waals surface area contributed by atoms with Gasteiger partial charge in [0, 0.05) is 4.90 Å². The second-order valence-electron chi connectivity index (χ2n) is 4.87. The summed E-state index contributed by atoms with van der Waals surface area (Å²) in [4.78, 5) is 5.59. The first-order valence-electron chi connectivity index (χ1n) is 6.80. The van der Waals surface area contributed by atoms with Gasteiger partial charge in [-0.05, 0) is 25.0 Å². The van der Waals surface area contributed by atoms with E-state index in [9.17, 15) is 5.11 Å². The van der Waals surface area contributed by atoms with Crippen molar-refractivity contribution >= 4 is 11.8 Å². The minimum atomic E-state index is -0.438. The largest absolute Gasteiger partial charge is 0.392 e. The molecule has 0 bridgehead atoms. The molecule has 0 radical (unpaired) electrons. The summed E-state index contributed by atoms with van der Waals surface area (Å²) < 4.78 is 5.23. The lowest BCUT2D eigenvalue weighted by Crippen LogP contribution is -2.14. The number of rotatable bonds is 6. The van der Waals surface area contributed by atoms with E-state index >= 15 is 0 Å². The zero-order valence-electron chi connectivity index (χ0n) is 12.0. The van der Waals surface area contributed by atoms with Crippen molar-refractivity contribution in [3.8, 4) is 0 Å². The third-order valence-electron chi connectivity index (χ3n) is 3.32. The quantitative estimate of drug-likeness (QED) is 0.825. The Bertz CT molecular complexity index is 556. The number of benzene rings is 1. The molecule has 108 valence electrons. The van der Waals surface area contributed by atoms with Crippen LogP contribution in [-0.2, 0) is 5.75 Å². The number of aliphatic hydroxyl groups excluding tert-OH is 1. The Morgan fingerprint density at radius 2 is 2.10 bits per heavy atom. The first-order chi connectivity index (χ1) is 9.61. The molecule has 20 heavy (non-hydrogen) atoms. The van der Waals surface area contributed by atoms with E-state index in [0.29, 0.717) is 23.9 Å². The minimum absolute atomic E-state index is 0.121. The van der Waals surface area contributed by atoms with Crippen LogP contribution in [0.15, 0.2) is 33.7 Å². The second-order valence-corrected chi connectivity index (χ2v) is 5.88. The molecule has 1 N–H and O–H groups in total. The van der Waals surface area contributed by atoms with Crippen LogP contribution in [-0.4, -0.2) is 21.4 Å². The SMILES string of the molecule is CCC(O)C(C)c1nc(CSc2ccccc2C)no1. The number of hydrogen-bond acceptors (Lipinski definition) is 5. The van der Waals surface area contributed by atoms with E-state index in [1.165, 1.54) is 10.5 Å². The zero-order chi connectivity index (χ0) is 14.5. The van der Waals surface area contributed by atoms with Crippen LogP contribution in [0.1, 0.15) is 43.5 Å². The monoisotopic (exact) mass is 292 g/mol. The molecule has 0 spiro atoms. The smallest absolute Gasteiger partial charge is 0.232 e. The van der Waals surface area contributed by atoms with Crippen molar-refractivity contribution in [2.24, 2.45) is 0 Å². The summed E-state index contributed by atoms with van der Waals surface area (Å²) in [6.07, 6.45) is 0.240. The van der Waals surface area contributed by atoms with Gasteiger partial charge in [0.2, 0.25) is 5.89 Å². The molecule has 0 fully saturated rings. The Morgan fingerprint density at radius 1 is 1.35 bits per heavy atom. The number of aryl methyl sites for hydroxylation is 1. The second kappa shape index (κ2) is 6.90. The van der Waals surface area contributed by atoms with Crippen LogP contribution in [0.4, 0.5) is 0 Å². The molecule has 5 heteroatoms. The molecule has 2 unspecified atom stereocenters. The molecule has 0 aliphatic rings. The lowest BCUT2D eigenvalue weighted by Gasteiger charge is -2.11. The van der Waals surface area contributed by atoms with E-state index in [4.69, 9.17) is 4.52 Å². The molecule has 2 atom stereocenters. The summed E-state index contributed by atoms with van der Waals surface area (Å²) >= 11 is 1.69. The third-order valence-corrected chi connectivity index (χ3v) is 4.49. The number of aromatic nitrogens is 2. The molecule has 2 rings (SSSR count). The fourth-order valence-corrected chi connectivity index (χ4v) is 2.76. The van der Waals surface area contributed by atoms with Crippen molar-refractivity contribution < 1.29 is 9.63 Å². The maximum absolute atomic E-state index is 9.80. The average Bonchev–Trinajstić information content (AvgIpc) is 2.93. The zero-order valence-corrected chi connectivity index (χ0v) is 12.9. The average molecular weight is 292 g/mol. The van der Waals surface area contributed by atoms with Gasteiger partial charge in [-0.25, -0.2) is 0 Å². The van der Waals surface area contributed by atoms with Gasteiger partial charge >= 0.3 is 0 Å². The van der Waals surface area contributed by atoms with E-state index in [-0.39, 0.29) is 5.92 Å². The van der Waals surface area contributed by atoms with Gasteiger partial charge in [0.1, 0.15) is 0 Å². The maximum atomic E-state index is 9.80. The fraction of sp³-hybridized carbons (Fsp3) is 0.467. The Morgan fingerprint density at radius 3 is 2.80 bits per heavy atom. The highest BCUT2D eigenvalue weighted by molar-refractivity contribution is 7.98. The molecule has 1 aromatic carbocycles. The standard InChI is InChI=1S/C15H20N2O2S/c1-4-12(18)11(3)15-16-14(17-19-15)9-20-13-8-6-5-7-10(13)2/h5-8,11-12,18H,4,9H2,1-3H3. The Balaban J connectivity index is 1.98. The van der Waals surface area contributed by atoms with Crippen molar-refractivity contribution in [3.63, 3.8) is 0 Å². The van der Waals surface area contributed by atoms with Crippen LogP contribution in [0.5, 0.6) is 0 Å². The molecular formula is C15H20N2O2S. The van der Waals surface area contributed by atoms with Crippen LogP contribution < -0.4 is 0 Å². The Labute approximate surface area is 123 Å². The summed E-state index contributed by atoms with van der Waals surface area (Å²) in [6.45, 7) is 5.93. The van der Waals surface area contributed by atoms with Crippen LogP contribution >= 0.6 is 11.8 Å². The topological polar surface area (TPSA) is 59.2 Å². The van der Waals surface area contributed by atoms with Gasteiger partial charge < -0.3 is 9.63 Å². The lowest BCUT2D eigenvalue weighted by atomic mass is 10.0. The van der Waals surface area contributed by atoms with Crippen molar-refractivity contribution in [3.05, 3.63) is 41.5 Å². The van der Waals surface area contributed by atoms with E-state index in [2.05, 4.69) is 29.2 Å². The van der Waals surface area contributed by atoms with Crippen molar-refractivity contribution in [1.29, 1.82) is 0 Å². The molecule has 0 aliphatic carbocycles. The van der Waals surface area contributed by atoms with E-state index in [0.717, 1.165) is 0 Å².